The molecule has 0 saturated heterocycles. The highest BCUT2D eigenvalue weighted by molar-refractivity contribution is 7.80. The second-order valence-electron chi connectivity index (χ2n) is 3.06. The van der Waals surface area contributed by atoms with E-state index in [0.29, 0.717) is 6.04 Å². The van der Waals surface area contributed by atoms with Gasteiger partial charge in [-0.2, -0.15) is 0 Å². The molecular weight excluding hydrogens is 156 g/mol. The number of hydrogen-bond donors (Lipinski definition) is 2. The van der Waals surface area contributed by atoms with Gasteiger partial charge in [0.25, 0.3) is 0 Å². The molecule has 2 nitrogen and oxygen atoms in total. The van der Waals surface area contributed by atoms with Crippen molar-refractivity contribution < 1.29 is 0 Å². The van der Waals surface area contributed by atoms with Crippen molar-refractivity contribution in [3.63, 3.8) is 0 Å². The Bertz CT molecular complexity index is 173. The summed E-state index contributed by atoms with van der Waals surface area (Å²) in [4.78, 5) is 0. The molecule has 0 bridgehead atoms. The SMILES string of the molecule is C=C(C)CNC(=S)NC1CC1. The van der Waals surface area contributed by atoms with Crippen molar-refractivity contribution in [3.8, 4) is 0 Å². The molecule has 3 heteroatoms. The lowest BCUT2D eigenvalue weighted by Gasteiger charge is -2.08. The zero-order valence-corrected chi connectivity index (χ0v) is 7.63. The highest BCUT2D eigenvalue weighted by Crippen LogP contribution is 2.18. The van der Waals surface area contributed by atoms with Crippen molar-refractivity contribution in [2.45, 2.75) is 25.8 Å². The minimum absolute atomic E-state index is 0.639. The molecule has 0 amide bonds. The summed E-state index contributed by atoms with van der Waals surface area (Å²) in [5.74, 6) is 0. The monoisotopic (exact) mass is 170 g/mol. The van der Waals surface area contributed by atoms with Crippen LogP contribution in [-0.4, -0.2) is 17.7 Å². The van der Waals surface area contributed by atoms with Crippen LogP contribution in [0.1, 0.15) is 19.8 Å². The van der Waals surface area contributed by atoms with Crippen LogP contribution in [0.5, 0.6) is 0 Å². The van der Waals surface area contributed by atoms with E-state index in [2.05, 4.69) is 17.2 Å². The zero-order valence-electron chi connectivity index (χ0n) is 6.81. The predicted octanol–water partition coefficient (Wildman–Crippen LogP) is 1.19. The summed E-state index contributed by atoms with van der Waals surface area (Å²) in [6, 6.07) is 0.639. The van der Waals surface area contributed by atoms with Crippen LogP contribution in [0.25, 0.3) is 0 Å². The molecule has 0 unspecified atom stereocenters. The Labute approximate surface area is 73.1 Å². The fraction of sp³-hybridized carbons (Fsp3) is 0.625. The first-order valence-electron chi connectivity index (χ1n) is 3.87. The average molecular weight is 170 g/mol. The van der Waals surface area contributed by atoms with Gasteiger partial charge in [-0.15, -0.1) is 0 Å². The van der Waals surface area contributed by atoms with E-state index in [4.69, 9.17) is 12.2 Å². The van der Waals surface area contributed by atoms with Gasteiger partial charge in [-0.05, 0) is 32.0 Å². The first-order chi connectivity index (χ1) is 5.18. The maximum atomic E-state index is 5.03. The molecule has 0 aliphatic heterocycles. The molecule has 0 heterocycles. The first-order valence-corrected chi connectivity index (χ1v) is 4.28. The largest absolute Gasteiger partial charge is 0.360 e. The summed E-state index contributed by atoms with van der Waals surface area (Å²) in [6.45, 7) is 6.53. The van der Waals surface area contributed by atoms with Gasteiger partial charge in [0.05, 0.1) is 0 Å². The highest BCUT2D eigenvalue weighted by Gasteiger charge is 2.21. The fourth-order valence-corrected chi connectivity index (χ4v) is 0.934. The molecule has 0 atom stereocenters. The lowest BCUT2D eigenvalue weighted by atomic mass is 10.3. The van der Waals surface area contributed by atoms with Crippen LogP contribution < -0.4 is 10.6 Å². The van der Waals surface area contributed by atoms with Gasteiger partial charge < -0.3 is 10.6 Å². The maximum Gasteiger partial charge on any atom is 0.166 e. The molecule has 1 saturated carbocycles. The highest BCUT2D eigenvalue weighted by atomic mass is 32.1. The van der Waals surface area contributed by atoms with E-state index >= 15 is 0 Å². The molecule has 0 aromatic rings. The van der Waals surface area contributed by atoms with Crippen LogP contribution in [0.3, 0.4) is 0 Å². The Hall–Kier alpha value is -0.570. The Balaban J connectivity index is 2.04. The van der Waals surface area contributed by atoms with Gasteiger partial charge in [0.1, 0.15) is 0 Å². The smallest absolute Gasteiger partial charge is 0.166 e. The normalized spacial score (nSPS) is 15.7. The third-order valence-corrected chi connectivity index (χ3v) is 1.73. The quantitative estimate of drug-likeness (QED) is 0.491. The summed E-state index contributed by atoms with van der Waals surface area (Å²) < 4.78 is 0. The average Bonchev–Trinajstić information content (AvgIpc) is 2.67. The molecule has 1 aliphatic carbocycles. The fourth-order valence-electron chi connectivity index (χ4n) is 0.695. The molecule has 1 fully saturated rings. The summed E-state index contributed by atoms with van der Waals surface area (Å²) >= 11 is 5.03. The van der Waals surface area contributed by atoms with Gasteiger partial charge in [0, 0.05) is 12.6 Å². The molecular formula is C8H14N2S. The van der Waals surface area contributed by atoms with E-state index in [0.717, 1.165) is 17.2 Å². The minimum Gasteiger partial charge on any atom is -0.360 e. The van der Waals surface area contributed by atoms with Gasteiger partial charge >= 0.3 is 0 Å². The Kier molecular flexibility index (Phi) is 2.88. The van der Waals surface area contributed by atoms with E-state index in [1.54, 1.807) is 0 Å². The van der Waals surface area contributed by atoms with Crippen molar-refractivity contribution in [3.05, 3.63) is 12.2 Å². The van der Waals surface area contributed by atoms with Crippen LogP contribution >= 0.6 is 12.2 Å². The molecule has 1 aliphatic rings. The van der Waals surface area contributed by atoms with E-state index in [9.17, 15) is 0 Å². The molecule has 11 heavy (non-hydrogen) atoms. The first kappa shape index (κ1) is 8.53. The Morgan fingerprint density at radius 2 is 2.27 bits per heavy atom. The molecule has 0 aromatic heterocycles. The minimum atomic E-state index is 0.639. The van der Waals surface area contributed by atoms with Gasteiger partial charge in [0.15, 0.2) is 5.11 Å². The van der Waals surface area contributed by atoms with Crippen LogP contribution in [-0.2, 0) is 0 Å². The lowest BCUT2D eigenvalue weighted by molar-refractivity contribution is 0.857. The number of nitrogens with one attached hydrogen (secondary N) is 2. The van der Waals surface area contributed by atoms with Gasteiger partial charge in [0.2, 0.25) is 0 Å². The van der Waals surface area contributed by atoms with Crippen molar-refractivity contribution in [1.82, 2.24) is 10.6 Å². The molecule has 1 rings (SSSR count). The topological polar surface area (TPSA) is 24.1 Å². The molecule has 0 aromatic carbocycles. The standard InChI is InChI=1S/C8H14N2S/c1-6(2)5-9-8(11)10-7-3-4-7/h7H,1,3-5H2,2H3,(H2,9,10,11). The van der Waals surface area contributed by atoms with E-state index in [1.165, 1.54) is 12.8 Å². The van der Waals surface area contributed by atoms with Crippen molar-refractivity contribution in [2.24, 2.45) is 0 Å². The molecule has 0 spiro atoms. The van der Waals surface area contributed by atoms with Crippen molar-refractivity contribution >= 4 is 17.3 Å². The van der Waals surface area contributed by atoms with Crippen molar-refractivity contribution in [1.29, 1.82) is 0 Å². The Morgan fingerprint density at radius 3 is 2.73 bits per heavy atom. The predicted molar refractivity (Wildman–Crippen MR) is 51.6 cm³/mol. The van der Waals surface area contributed by atoms with Gasteiger partial charge in [-0.3, -0.25) is 0 Å². The number of rotatable bonds is 3. The molecule has 62 valence electrons. The van der Waals surface area contributed by atoms with Gasteiger partial charge in [-0.1, -0.05) is 12.2 Å². The Morgan fingerprint density at radius 1 is 1.64 bits per heavy atom. The summed E-state index contributed by atoms with van der Waals surface area (Å²) in [7, 11) is 0. The molecule has 2 N–H and O–H groups in total. The van der Waals surface area contributed by atoms with E-state index in [-0.39, 0.29) is 0 Å². The second-order valence-corrected chi connectivity index (χ2v) is 3.47. The molecule has 0 radical (unpaired) electrons. The number of hydrogen-bond acceptors (Lipinski definition) is 1. The maximum absolute atomic E-state index is 5.03. The third kappa shape index (κ3) is 3.98. The van der Waals surface area contributed by atoms with Crippen LogP contribution in [0.4, 0.5) is 0 Å². The second kappa shape index (κ2) is 3.72. The van der Waals surface area contributed by atoms with Crippen LogP contribution in [0.15, 0.2) is 12.2 Å². The van der Waals surface area contributed by atoms with Gasteiger partial charge in [-0.25, -0.2) is 0 Å². The van der Waals surface area contributed by atoms with E-state index in [1.807, 2.05) is 6.92 Å². The zero-order chi connectivity index (χ0) is 8.27. The number of thiocarbonyl (C=S) groups is 1. The van der Waals surface area contributed by atoms with Crippen LogP contribution in [0.2, 0.25) is 0 Å². The third-order valence-electron chi connectivity index (χ3n) is 1.46. The summed E-state index contributed by atoms with van der Waals surface area (Å²) in [5, 5.41) is 7.02. The summed E-state index contributed by atoms with van der Waals surface area (Å²) in [6.07, 6.45) is 2.52. The van der Waals surface area contributed by atoms with E-state index < -0.39 is 0 Å². The van der Waals surface area contributed by atoms with Crippen molar-refractivity contribution in [2.75, 3.05) is 6.54 Å². The lowest BCUT2D eigenvalue weighted by Crippen LogP contribution is -2.37. The van der Waals surface area contributed by atoms with Crippen LogP contribution in [0, 0.1) is 0 Å². The summed E-state index contributed by atoms with van der Waals surface area (Å²) in [5.41, 5.74) is 1.10.